The van der Waals surface area contributed by atoms with Crippen molar-refractivity contribution in [2.24, 2.45) is 0 Å². The maximum absolute atomic E-state index is 12.8. The smallest absolute Gasteiger partial charge is 0.295 e. The summed E-state index contributed by atoms with van der Waals surface area (Å²) < 4.78 is 10.2. The van der Waals surface area contributed by atoms with Gasteiger partial charge in [-0.3, -0.25) is 19.7 Å². The Bertz CT molecular complexity index is 1030. The Balaban J connectivity index is 2.20. The van der Waals surface area contributed by atoms with E-state index in [1.807, 2.05) is 0 Å². The van der Waals surface area contributed by atoms with E-state index in [9.17, 15) is 24.8 Å². The summed E-state index contributed by atoms with van der Waals surface area (Å²) in [4.78, 5) is 37.4. The number of nitro benzene ring substituents is 1. The molecule has 1 aliphatic rings. The van der Waals surface area contributed by atoms with E-state index in [-0.39, 0.29) is 35.7 Å². The van der Waals surface area contributed by atoms with Gasteiger partial charge < -0.3 is 19.5 Å². The van der Waals surface area contributed by atoms with Crippen LogP contribution in [0.3, 0.4) is 0 Å². The summed E-state index contributed by atoms with van der Waals surface area (Å²) in [6.07, 6.45) is 0. The Morgan fingerprint density at radius 2 is 1.90 bits per heavy atom. The highest BCUT2D eigenvalue weighted by molar-refractivity contribution is 6.46. The van der Waals surface area contributed by atoms with Crippen LogP contribution in [-0.4, -0.2) is 54.0 Å². The molecule has 0 spiro atoms. The topological polar surface area (TPSA) is 119 Å². The van der Waals surface area contributed by atoms with Gasteiger partial charge in [-0.1, -0.05) is 24.3 Å². The largest absolute Gasteiger partial charge is 0.507 e. The van der Waals surface area contributed by atoms with E-state index < -0.39 is 22.7 Å². The van der Waals surface area contributed by atoms with Crippen molar-refractivity contribution in [3.63, 3.8) is 0 Å². The van der Waals surface area contributed by atoms with Gasteiger partial charge in [0.05, 0.1) is 30.3 Å². The second kappa shape index (κ2) is 8.75. The molecule has 1 amide bonds. The van der Waals surface area contributed by atoms with E-state index in [0.29, 0.717) is 11.3 Å². The number of aliphatic hydroxyl groups excluding tert-OH is 1. The summed E-state index contributed by atoms with van der Waals surface area (Å²) in [7, 11) is 2.92. The van der Waals surface area contributed by atoms with Crippen molar-refractivity contribution >= 4 is 23.1 Å². The van der Waals surface area contributed by atoms with Gasteiger partial charge in [0.15, 0.2) is 0 Å². The maximum Gasteiger partial charge on any atom is 0.295 e. The van der Waals surface area contributed by atoms with E-state index in [2.05, 4.69) is 0 Å². The van der Waals surface area contributed by atoms with Crippen molar-refractivity contribution in [1.29, 1.82) is 0 Å². The molecule has 30 heavy (non-hydrogen) atoms. The van der Waals surface area contributed by atoms with Crippen molar-refractivity contribution < 1.29 is 29.1 Å². The number of nitro groups is 1. The molecule has 1 saturated heterocycles. The Morgan fingerprint density at radius 3 is 2.57 bits per heavy atom. The molecule has 2 aromatic rings. The number of likely N-dealkylation sites (tertiary alicyclic amines) is 1. The first kappa shape index (κ1) is 21.0. The molecular formula is C21H20N2O7. The minimum atomic E-state index is -0.994. The van der Waals surface area contributed by atoms with Crippen LogP contribution in [0.25, 0.3) is 5.76 Å². The van der Waals surface area contributed by atoms with Crippen LogP contribution in [0, 0.1) is 10.1 Å². The third kappa shape index (κ3) is 3.87. The van der Waals surface area contributed by atoms with Crippen molar-refractivity contribution in [3.05, 3.63) is 75.3 Å². The molecule has 156 valence electrons. The number of Topliss-reactive ketones (excluding diaryl/α,β-unsaturated/α-hetero) is 1. The molecule has 0 bridgehead atoms. The van der Waals surface area contributed by atoms with Crippen molar-refractivity contribution in [1.82, 2.24) is 4.90 Å². The molecule has 3 rings (SSSR count). The predicted octanol–water partition coefficient (Wildman–Crippen LogP) is 2.67. The number of carbonyl (C=O) groups excluding carboxylic acids is 2. The number of nitrogens with zero attached hydrogens (tertiary/aromatic N) is 2. The Morgan fingerprint density at radius 1 is 1.17 bits per heavy atom. The Labute approximate surface area is 172 Å². The fourth-order valence-electron chi connectivity index (χ4n) is 3.38. The van der Waals surface area contributed by atoms with Crippen LogP contribution in [0.2, 0.25) is 0 Å². The monoisotopic (exact) mass is 412 g/mol. The molecule has 1 fully saturated rings. The number of carbonyl (C=O) groups is 2. The molecule has 0 aromatic heterocycles. The summed E-state index contributed by atoms with van der Waals surface area (Å²) in [5.74, 6) is -1.61. The predicted molar refractivity (Wildman–Crippen MR) is 107 cm³/mol. The number of non-ortho nitro benzene ring substituents is 1. The SMILES string of the molecule is COCCN1C(=O)C(=O)C(=C(O)c2cccc(OC)c2)C1c1cccc([N+](=O)[O-])c1. The number of amides is 1. The van der Waals surface area contributed by atoms with Crippen LogP contribution >= 0.6 is 0 Å². The molecule has 2 aromatic carbocycles. The lowest BCUT2D eigenvalue weighted by molar-refractivity contribution is -0.384. The second-order valence-corrected chi connectivity index (χ2v) is 6.57. The molecular weight excluding hydrogens is 392 g/mol. The minimum Gasteiger partial charge on any atom is -0.507 e. The van der Waals surface area contributed by atoms with Crippen molar-refractivity contribution in [2.75, 3.05) is 27.4 Å². The standard InChI is InChI=1S/C21H20N2O7/c1-29-10-9-22-18(13-5-3-7-15(11-13)23(27)28)17(20(25)21(22)26)19(24)14-6-4-8-16(12-14)30-2/h3-8,11-12,18,24H,9-10H2,1-2H3. The van der Waals surface area contributed by atoms with Crippen LogP contribution in [0.4, 0.5) is 5.69 Å². The highest BCUT2D eigenvalue weighted by atomic mass is 16.6. The number of rotatable bonds is 7. The fraction of sp³-hybridized carbons (Fsp3) is 0.238. The van der Waals surface area contributed by atoms with Gasteiger partial charge in [-0.15, -0.1) is 0 Å². The number of aliphatic hydroxyl groups is 1. The summed E-state index contributed by atoms with van der Waals surface area (Å²) in [6, 6.07) is 11.1. The third-order valence-electron chi connectivity index (χ3n) is 4.82. The molecule has 0 aliphatic carbocycles. The van der Waals surface area contributed by atoms with Crippen LogP contribution in [0.1, 0.15) is 17.2 Å². The van der Waals surface area contributed by atoms with Crippen LogP contribution < -0.4 is 4.74 Å². The number of methoxy groups -OCH3 is 2. The number of ketones is 1. The zero-order chi connectivity index (χ0) is 21.8. The van der Waals surface area contributed by atoms with Gasteiger partial charge in [0.1, 0.15) is 11.5 Å². The lowest BCUT2D eigenvalue weighted by atomic mass is 9.95. The quantitative estimate of drug-likeness (QED) is 0.244. The van der Waals surface area contributed by atoms with E-state index in [4.69, 9.17) is 9.47 Å². The van der Waals surface area contributed by atoms with Gasteiger partial charge in [-0.05, 0) is 17.7 Å². The summed E-state index contributed by atoms with van der Waals surface area (Å²) in [6.45, 7) is 0.223. The first-order valence-electron chi connectivity index (χ1n) is 9.05. The van der Waals surface area contributed by atoms with Gasteiger partial charge in [0.25, 0.3) is 17.4 Å². The number of ether oxygens (including phenoxy) is 2. The number of benzene rings is 2. The average Bonchev–Trinajstić information content (AvgIpc) is 3.02. The highest BCUT2D eigenvalue weighted by Gasteiger charge is 2.46. The van der Waals surface area contributed by atoms with Crippen LogP contribution in [-0.2, 0) is 14.3 Å². The molecule has 0 radical (unpaired) electrons. The van der Waals surface area contributed by atoms with E-state index in [1.165, 1.54) is 43.4 Å². The Kier molecular flexibility index (Phi) is 6.12. The molecule has 9 nitrogen and oxygen atoms in total. The molecule has 0 saturated carbocycles. The van der Waals surface area contributed by atoms with E-state index >= 15 is 0 Å². The van der Waals surface area contributed by atoms with Crippen LogP contribution in [0.5, 0.6) is 5.75 Å². The minimum absolute atomic E-state index is 0.0727. The van der Waals surface area contributed by atoms with Gasteiger partial charge >= 0.3 is 0 Å². The second-order valence-electron chi connectivity index (χ2n) is 6.57. The maximum atomic E-state index is 12.8. The van der Waals surface area contributed by atoms with E-state index in [1.54, 1.807) is 24.3 Å². The van der Waals surface area contributed by atoms with Crippen LogP contribution in [0.15, 0.2) is 54.1 Å². The summed E-state index contributed by atoms with van der Waals surface area (Å²) in [5.41, 5.74) is 0.287. The third-order valence-corrected chi connectivity index (χ3v) is 4.82. The molecule has 9 heteroatoms. The normalized spacial score (nSPS) is 17.9. The first-order chi connectivity index (χ1) is 14.4. The molecule has 1 aliphatic heterocycles. The van der Waals surface area contributed by atoms with Gasteiger partial charge in [0, 0.05) is 31.4 Å². The number of hydrogen-bond donors (Lipinski definition) is 1. The summed E-state index contributed by atoms with van der Waals surface area (Å²) in [5, 5.41) is 22.2. The van der Waals surface area contributed by atoms with Crippen molar-refractivity contribution in [3.8, 4) is 5.75 Å². The van der Waals surface area contributed by atoms with Gasteiger partial charge in [0.2, 0.25) is 0 Å². The lowest BCUT2D eigenvalue weighted by Crippen LogP contribution is -2.32. The Hall–Kier alpha value is -3.72. The highest BCUT2D eigenvalue weighted by Crippen LogP contribution is 2.40. The molecule has 1 atom stereocenters. The summed E-state index contributed by atoms with van der Waals surface area (Å²) >= 11 is 0. The van der Waals surface area contributed by atoms with E-state index in [0.717, 1.165) is 0 Å². The van der Waals surface area contributed by atoms with Crippen molar-refractivity contribution in [2.45, 2.75) is 6.04 Å². The fourth-order valence-corrected chi connectivity index (χ4v) is 3.38. The van der Waals surface area contributed by atoms with Gasteiger partial charge in [-0.25, -0.2) is 0 Å². The molecule has 1 heterocycles. The number of hydrogen-bond acceptors (Lipinski definition) is 7. The molecule has 1 N–H and O–H groups in total. The average molecular weight is 412 g/mol. The lowest BCUT2D eigenvalue weighted by Gasteiger charge is -2.25. The zero-order valence-corrected chi connectivity index (χ0v) is 16.4. The first-order valence-corrected chi connectivity index (χ1v) is 9.05. The zero-order valence-electron chi connectivity index (χ0n) is 16.4. The molecule has 1 unspecified atom stereocenters. The van der Waals surface area contributed by atoms with Gasteiger partial charge in [-0.2, -0.15) is 0 Å².